The molecule has 78 valence electrons. The van der Waals surface area contributed by atoms with E-state index in [1.807, 2.05) is 0 Å². The monoisotopic (exact) mass is 196 g/mol. The van der Waals surface area contributed by atoms with Crippen LogP contribution < -0.4 is 11.1 Å². The van der Waals surface area contributed by atoms with Crippen LogP contribution in [-0.2, 0) is 9.53 Å². The summed E-state index contributed by atoms with van der Waals surface area (Å²) in [5.74, 6) is 2.26. The first kappa shape index (κ1) is 11.0. The number of hydrogen-bond donors (Lipinski definition) is 2. The van der Waals surface area contributed by atoms with Gasteiger partial charge in [0.05, 0.1) is 11.6 Å². The molecule has 0 aromatic carbocycles. The summed E-state index contributed by atoms with van der Waals surface area (Å²) >= 11 is 0. The van der Waals surface area contributed by atoms with Gasteiger partial charge in [-0.3, -0.25) is 4.79 Å². The normalized spacial score (nSPS) is 22.1. The molecule has 0 aliphatic carbocycles. The molecule has 3 N–H and O–H groups in total. The van der Waals surface area contributed by atoms with Gasteiger partial charge in [-0.15, -0.1) is 6.42 Å². The molecule has 0 aromatic rings. The molecule has 1 unspecified atom stereocenters. The van der Waals surface area contributed by atoms with Crippen LogP contribution in [0.25, 0.3) is 0 Å². The molecule has 4 nitrogen and oxygen atoms in total. The molecule has 1 fully saturated rings. The van der Waals surface area contributed by atoms with Crippen LogP contribution in [0.4, 0.5) is 0 Å². The van der Waals surface area contributed by atoms with Crippen LogP contribution in [0, 0.1) is 12.3 Å². The first-order valence-corrected chi connectivity index (χ1v) is 4.72. The van der Waals surface area contributed by atoms with Gasteiger partial charge in [0.1, 0.15) is 0 Å². The van der Waals surface area contributed by atoms with Gasteiger partial charge in [-0.1, -0.05) is 5.92 Å². The fraction of sp³-hybridized carbons (Fsp3) is 0.700. The second-order valence-corrected chi connectivity index (χ2v) is 3.63. The third kappa shape index (κ3) is 2.47. The Hall–Kier alpha value is -1.05. The lowest BCUT2D eigenvalue weighted by atomic mass is 9.90. The lowest BCUT2D eigenvalue weighted by Crippen LogP contribution is -2.58. The Bertz CT molecular complexity index is 251. The molecule has 1 heterocycles. The van der Waals surface area contributed by atoms with E-state index in [2.05, 4.69) is 11.2 Å². The molecular formula is C10H16N2O2. The van der Waals surface area contributed by atoms with Gasteiger partial charge in [0, 0.05) is 13.2 Å². The van der Waals surface area contributed by atoms with Crippen molar-refractivity contribution >= 4 is 5.91 Å². The SMILES string of the molecule is C#CC(C)NC(=O)C1(N)CCOCC1. The highest BCUT2D eigenvalue weighted by molar-refractivity contribution is 5.86. The molecule has 1 amide bonds. The van der Waals surface area contributed by atoms with Crippen molar-refractivity contribution < 1.29 is 9.53 Å². The molecule has 0 radical (unpaired) electrons. The highest BCUT2D eigenvalue weighted by atomic mass is 16.5. The summed E-state index contributed by atoms with van der Waals surface area (Å²) in [7, 11) is 0. The zero-order valence-electron chi connectivity index (χ0n) is 8.38. The third-order valence-electron chi connectivity index (χ3n) is 2.43. The predicted molar refractivity (Wildman–Crippen MR) is 53.4 cm³/mol. The van der Waals surface area contributed by atoms with Crippen molar-refractivity contribution in [3.05, 3.63) is 0 Å². The number of nitrogens with two attached hydrogens (primary N) is 1. The fourth-order valence-corrected chi connectivity index (χ4v) is 1.34. The van der Waals surface area contributed by atoms with E-state index in [0.29, 0.717) is 26.1 Å². The topological polar surface area (TPSA) is 64.4 Å². The Morgan fingerprint density at radius 2 is 2.21 bits per heavy atom. The molecule has 14 heavy (non-hydrogen) atoms. The van der Waals surface area contributed by atoms with Gasteiger partial charge in [-0.25, -0.2) is 0 Å². The van der Waals surface area contributed by atoms with Crippen molar-refractivity contribution in [2.75, 3.05) is 13.2 Å². The Balaban J connectivity index is 2.54. The smallest absolute Gasteiger partial charge is 0.241 e. The van der Waals surface area contributed by atoms with E-state index in [4.69, 9.17) is 16.9 Å². The van der Waals surface area contributed by atoms with Crippen LogP contribution in [0.1, 0.15) is 19.8 Å². The second kappa shape index (κ2) is 4.45. The summed E-state index contributed by atoms with van der Waals surface area (Å²) in [6, 6.07) is -0.272. The van der Waals surface area contributed by atoms with Gasteiger partial charge >= 0.3 is 0 Å². The number of rotatable bonds is 2. The molecular weight excluding hydrogens is 180 g/mol. The summed E-state index contributed by atoms with van der Waals surface area (Å²) in [5, 5.41) is 2.68. The molecule has 0 saturated carbocycles. The highest BCUT2D eigenvalue weighted by Crippen LogP contribution is 2.17. The average Bonchev–Trinajstić information content (AvgIpc) is 2.18. The van der Waals surface area contributed by atoms with Crippen LogP contribution in [0.15, 0.2) is 0 Å². The van der Waals surface area contributed by atoms with Crippen molar-refractivity contribution in [2.24, 2.45) is 5.73 Å². The van der Waals surface area contributed by atoms with E-state index in [-0.39, 0.29) is 11.9 Å². The molecule has 1 rings (SSSR count). The molecule has 0 aromatic heterocycles. The number of carbonyl (C=O) groups is 1. The Labute approximate surface area is 84.2 Å². The van der Waals surface area contributed by atoms with E-state index in [1.54, 1.807) is 6.92 Å². The van der Waals surface area contributed by atoms with Crippen molar-refractivity contribution in [1.29, 1.82) is 0 Å². The number of carbonyl (C=O) groups excluding carboxylic acids is 1. The maximum atomic E-state index is 11.7. The minimum atomic E-state index is -0.802. The van der Waals surface area contributed by atoms with Crippen LogP contribution >= 0.6 is 0 Å². The molecule has 0 bridgehead atoms. The summed E-state index contributed by atoms with van der Waals surface area (Å²) in [5.41, 5.74) is 5.14. The Morgan fingerprint density at radius 3 is 2.71 bits per heavy atom. The lowest BCUT2D eigenvalue weighted by molar-refractivity contribution is -0.130. The predicted octanol–water partition coefficient (Wildman–Crippen LogP) is -0.368. The van der Waals surface area contributed by atoms with Gasteiger partial charge < -0.3 is 15.8 Å². The van der Waals surface area contributed by atoms with E-state index >= 15 is 0 Å². The second-order valence-electron chi connectivity index (χ2n) is 3.63. The minimum Gasteiger partial charge on any atom is -0.381 e. The van der Waals surface area contributed by atoms with Gasteiger partial charge in [0.2, 0.25) is 5.91 Å². The van der Waals surface area contributed by atoms with Crippen molar-refractivity contribution in [2.45, 2.75) is 31.3 Å². The third-order valence-corrected chi connectivity index (χ3v) is 2.43. The molecule has 1 saturated heterocycles. The molecule has 1 atom stereocenters. The largest absolute Gasteiger partial charge is 0.381 e. The number of ether oxygens (including phenoxy) is 1. The van der Waals surface area contributed by atoms with Crippen LogP contribution in [0.5, 0.6) is 0 Å². The quantitative estimate of drug-likeness (QED) is 0.592. The summed E-state index contributed by atoms with van der Waals surface area (Å²) in [4.78, 5) is 11.7. The highest BCUT2D eigenvalue weighted by Gasteiger charge is 2.36. The van der Waals surface area contributed by atoms with Crippen LogP contribution in [0.2, 0.25) is 0 Å². The fourth-order valence-electron chi connectivity index (χ4n) is 1.34. The number of terminal acetylenes is 1. The molecule has 4 heteroatoms. The van der Waals surface area contributed by atoms with E-state index < -0.39 is 5.54 Å². The first-order chi connectivity index (χ1) is 6.58. The summed E-state index contributed by atoms with van der Waals surface area (Å²) in [6.07, 6.45) is 6.27. The Morgan fingerprint density at radius 1 is 1.64 bits per heavy atom. The Kier molecular flexibility index (Phi) is 3.50. The zero-order chi connectivity index (χ0) is 10.6. The number of hydrogen-bond acceptors (Lipinski definition) is 3. The van der Waals surface area contributed by atoms with Crippen molar-refractivity contribution in [3.63, 3.8) is 0 Å². The van der Waals surface area contributed by atoms with E-state index in [1.165, 1.54) is 0 Å². The standard InChI is InChI=1S/C10H16N2O2/c1-3-8(2)12-9(13)10(11)4-6-14-7-5-10/h1,8H,4-7,11H2,2H3,(H,12,13). The molecule has 1 aliphatic heterocycles. The lowest BCUT2D eigenvalue weighted by Gasteiger charge is -2.32. The molecule has 1 aliphatic rings. The number of amides is 1. The average molecular weight is 196 g/mol. The summed E-state index contributed by atoms with van der Waals surface area (Å²) in [6.45, 7) is 2.82. The van der Waals surface area contributed by atoms with Gasteiger partial charge in [-0.05, 0) is 19.8 Å². The van der Waals surface area contributed by atoms with Crippen LogP contribution in [0.3, 0.4) is 0 Å². The van der Waals surface area contributed by atoms with Crippen LogP contribution in [-0.4, -0.2) is 30.7 Å². The minimum absolute atomic E-state index is 0.175. The van der Waals surface area contributed by atoms with Crippen molar-refractivity contribution in [3.8, 4) is 12.3 Å². The van der Waals surface area contributed by atoms with Gasteiger partial charge in [-0.2, -0.15) is 0 Å². The summed E-state index contributed by atoms with van der Waals surface area (Å²) < 4.78 is 5.15. The van der Waals surface area contributed by atoms with Gasteiger partial charge in [0.25, 0.3) is 0 Å². The molecule has 0 spiro atoms. The van der Waals surface area contributed by atoms with E-state index in [9.17, 15) is 4.79 Å². The number of nitrogens with one attached hydrogen (secondary N) is 1. The van der Waals surface area contributed by atoms with E-state index in [0.717, 1.165) is 0 Å². The maximum absolute atomic E-state index is 11.7. The first-order valence-electron chi connectivity index (χ1n) is 4.72. The van der Waals surface area contributed by atoms with Gasteiger partial charge in [0.15, 0.2) is 0 Å². The zero-order valence-corrected chi connectivity index (χ0v) is 8.38. The van der Waals surface area contributed by atoms with Crippen molar-refractivity contribution in [1.82, 2.24) is 5.32 Å². The maximum Gasteiger partial charge on any atom is 0.241 e.